The van der Waals surface area contributed by atoms with E-state index in [4.69, 9.17) is 0 Å². The first-order valence-electron chi connectivity index (χ1n) is 20.5. The van der Waals surface area contributed by atoms with E-state index in [2.05, 4.69) is 132 Å². The van der Waals surface area contributed by atoms with Crippen molar-refractivity contribution in [1.82, 2.24) is 0 Å². The van der Waals surface area contributed by atoms with Gasteiger partial charge in [-0.05, 0) is 144 Å². The van der Waals surface area contributed by atoms with Gasteiger partial charge in [-0.3, -0.25) is 0 Å². The first kappa shape index (κ1) is 31.6. The molecule has 0 spiro atoms. The molecule has 5 aliphatic rings. The van der Waals surface area contributed by atoms with E-state index in [1.54, 1.807) is 11.1 Å². The number of hydrogen-bond donors (Lipinski definition) is 0. The highest BCUT2D eigenvalue weighted by atomic mass is 15.1. The highest BCUT2D eigenvalue weighted by Crippen LogP contribution is 2.64. The normalized spacial score (nSPS) is 26.5. The summed E-state index contributed by atoms with van der Waals surface area (Å²) in [6.45, 7) is 0. The van der Waals surface area contributed by atoms with E-state index in [1.807, 2.05) is 0 Å². The van der Waals surface area contributed by atoms with Crippen LogP contribution < -0.4 is 4.90 Å². The summed E-state index contributed by atoms with van der Waals surface area (Å²) < 4.78 is 0. The molecule has 1 heteroatoms. The van der Waals surface area contributed by atoms with Crippen LogP contribution in [0.4, 0.5) is 17.1 Å². The minimum Gasteiger partial charge on any atom is -0.310 e. The topological polar surface area (TPSA) is 3.24 Å². The Morgan fingerprint density at radius 3 is 1.73 bits per heavy atom. The van der Waals surface area contributed by atoms with E-state index in [-0.39, 0.29) is 5.41 Å². The summed E-state index contributed by atoms with van der Waals surface area (Å²) in [5, 5.41) is 0. The Kier molecular flexibility index (Phi) is 8.15. The van der Waals surface area contributed by atoms with E-state index in [0.717, 1.165) is 17.8 Å². The van der Waals surface area contributed by atoms with Gasteiger partial charge in [0.15, 0.2) is 0 Å². The van der Waals surface area contributed by atoms with Crippen molar-refractivity contribution in [3.8, 4) is 0 Å². The summed E-state index contributed by atoms with van der Waals surface area (Å²) >= 11 is 0. The standard InChI is InChI=1S/C50H53N/c1-4-13-36(14-5-1)37-25-29-42(30-26-37)51(43-31-27-38(28-32-43)45-34-35-23-24-39(45)33-35)48-22-12-21-47-49(48)44-19-10-11-20-46(44)50(47,40-15-6-2-7-16-40)41-17-8-3-9-18-41/h2-3,6-9,12,15-18,21-22,25-32,35-36,39,44-46H,1,4-5,10-11,13-14,19-20,23-24,33-34H2. The van der Waals surface area contributed by atoms with Crippen LogP contribution in [0, 0.1) is 17.8 Å². The van der Waals surface area contributed by atoms with Crippen LogP contribution in [0.1, 0.15) is 135 Å². The third-order valence-electron chi connectivity index (χ3n) is 14.4. The molecule has 0 amide bonds. The van der Waals surface area contributed by atoms with Gasteiger partial charge in [0.2, 0.25) is 0 Å². The van der Waals surface area contributed by atoms with Crippen LogP contribution >= 0.6 is 0 Å². The Balaban J connectivity index is 1.15. The Hall–Kier alpha value is -4.10. The van der Waals surface area contributed by atoms with E-state index < -0.39 is 0 Å². The van der Waals surface area contributed by atoms with Crippen molar-refractivity contribution in [2.24, 2.45) is 17.8 Å². The summed E-state index contributed by atoms with van der Waals surface area (Å²) in [5.41, 5.74) is 12.9. The SMILES string of the molecule is c1ccc(C2(c3ccccc3)c3cccc(N(c4ccc(C5CCCCC5)cc4)c4ccc(C5CC6CCC5C6)cc4)c3C3CCCCC32)cc1. The Morgan fingerprint density at radius 2 is 1.10 bits per heavy atom. The van der Waals surface area contributed by atoms with Crippen LogP contribution in [0.2, 0.25) is 0 Å². The molecule has 0 aromatic heterocycles. The molecule has 2 bridgehead atoms. The molecule has 0 saturated heterocycles. The fourth-order valence-electron chi connectivity index (χ4n) is 12.3. The molecule has 4 fully saturated rings. The van der Waals surface area contributed by atoms with Crippen molar-refractivity contribution in [2.45, 2.75) is 107 Å². The first-order valence-corrected chi connectivity index (χ1v) is 20.5. The second kappa shape index (κ2) is 13.1. The molecule has 0 heterocycles. The van der Waals surface area contributed by atoms with Crippen molar-refractivity contribution in [3.63, 3.8) is 0 Å². The number of anilines is 3. The fourth-order valence-corrected chi connectivity index (χ4v) is 12.3. The first-order chi connectivity index (χ1) is 25.3. The van der Waals surface area contributed by atoms with Gasteiger partial charge in [-0.25, -0.2) is 0 Å². The Bertz CT molecular complexity index is 1910. The molecule has 1 nitrogen and oxygen atoms in total. The van der Waals surface area contributed by atoms with Crippen LogP contribution in [-0.4, -0.2) is 0 Å². The number of nitrogens with zero attached hydrogens (tertiary/aromatic N) is 1. The lowest BCUT2D eigenvalue weighted by Crippen LogP contribution is -2.36. The molecule has 0 aliphatic heterocycles. The van der Waals surface area contributed by atoms with Gasteiger partial charge in [0.1, 0.15) is 0 Å². The molecule has 5 aromatic carbocycles. The van der Waals surface area contributed by atoms with Crippen LogP contribution in [0.25, 0.3) is 0 Å². The van der Waals surface area contributed by atoms with Crippen LogP contribution in [0.5, 0.6) is 0 Å². The quantitative estimate of drug-likeness (QED) is 0.167. The molecular formula is C50H53N. The average Bonchev–Trinajstić information content (AvgIpc) is 3.93. The minimum absolute atomic E-state index is 0.166. The largest absolute Gasteiger partial charge is 0.310 e. The van der Waals surface area contributed by atoms with E-state index in [0.29, 0.717) is 17.8 Å². The van der Waals surface area contributed by atoms with Gasteiger partial charge in [-0.15, -0.1) is 0 Å². The maximum absolute atomic E-state index is 2.64. The number of hydrogen-bond acceptors (Lipinski definition) is 1. The molecule has 4 saturated carbocycles. The lowest BCUT2D eigenvalue weighted by atomic mass is 9.61. The molecule has 5 atom stereocenters. The lowest BCUT2D eigenvalue weighted by molar-refractivity contribution is 0.262. The average molecular weight is 668 g/mol. The maximum Gasteiger partial charge on any atom is 0.0499 e. The molecule has 51 heavy (non-hydrogen) atoms. The van der Waals surface area contributed by atoms with Gasteiger partial charge in [0, 0.05) is 22.5 Å². The summed E-state index contributed by atoms with van der Waals surface area (Å²) in [6, 6.07) is 50.1. The van der Waals surface area contributed by atoms with Crippen LogP contribution in [0.3, 0.4) is 0 Å². The van der Waals surface area contributed by atoms with Gasteiger partial charge in [0.25, 0.3) is 0 Å². The zero-order chi connectivity index (χ0) is 33.8. The second-order valence-electron chi connectivity index (χ2n) is 16.9. The van der Waals surface area contributed by atoms with Gasteiger partial charge < -0.3 is 4.90 Å². The highest BCUT2D eigenvalue weighted by molar-refractivity contribution is 5.82. The van der Waals surface area contributed by atoms with Crippen LogP contribution in [0.15, 0.2) is 127 Å². The number of rotatable bonds is 7. The Morgan fingerprint density at radius 1 is 0.471 bits per heavy atom. The second-order valence-corrected chi connectivity index (χ2v) is 16.9. The van der Waals surface area contributed by atoms with Gasteiger partial charge in [-0.2, -0.15) is 0 Å². The predicted octanol–water partition coefficient (Wildman–Crippen LogP) is 13.7. The van der Waals surface area contributed by atoms with Gasteiger partial charge in [-0.1, -0.05) is 136 Å². The van der Waals surface area contributed by atoms with E-state index >= 15 is 0 Å². The molecule has 258 valence electrons. The molecule has 0 N–H and O–H groups in total. The molecule has 5 aromatic rings. The Labute approximate surface area is 306 Å². The summed E-state index contributed by atoms with van der Waals surface area (Å²) in [4.78, 5) is 2.64. The highest BCUT2D eigenvalue weighted by Gasteiger charge is 2.55. The number of fused-ring (bicyclic) bond motifs is 5. The minimum atomic E-state index is -0.166. The fraction of sp³-hybridized carbons (Fsp3) is 0.400. The molecule has 0 radical (unpaired) electrons. The van der Waals surface area contributed by atoms with E-state index in [9.17, 15) is 0 Å². The van der Waals surface area contributed by atoms with Crippen molar-refractivity contribution < 1.29 is 0 Å². The lowest BCUT2D eigenvalue weighted by Gasteiger charge is -2.41. The zero-order valence-corrected chi connectivity index (χ0v) is 30.2. The van der Waals surface area contributed by atoms with Gasteiger partial charge in [0.05, 0.1) is 0 Å². The molecular weight excluding hydrogens is 615 g/mol. The van der Waals surface area contributed by atoms with E-state index in [1.165, 1.54) is 123 Å². The van der Waals surface area contributed by atoms with Crippen molar-refractivity contribution in [3.05, 3.63) is 161 Å². The number of benzene rings is 5. The third-order valence-corrected chi connectivity index (χ3v) is 14.4. The summed E-state index contributed by atoms with van der Waals surface area (Å²) in [5.74, 6) is 4.37. The zero-order valence-electron chi connectivity index (χ0n) is 30.2. The third kappa shape index (κ3) is 5.24. The van der Waals surface area contributed by atoms with Gasteiger partial charge >= 0.3 is 0 Å². The summed E-state index contributed by atoms with van der Waals surface area (Å²) in [6.07, 6.45) is 17.7. The predicted molar refractivity (Wildman–Crippen MR) is 213 cm³/mol. The maximum atomic E-state index is 2.64. The smallest absolute Gasteiger partial charge is 0.0499 e. The monoisotopic (exact) mass is 667 g/mol. The van der Waals surface area contributed by atoms with Crippen LogP contribution in [-0.2, 0) is 5.41 Å². The van der Waals surface area contributed by atoms with Crippen molar-refractivity contribution >= 4 is 17.1 Å². The van der Waals surface area contributed by atoms with Crippen molar-refractivity contribution in [2.75, 3.05) is 4.90 Å². The summed E-state index contributed by atoms with van der Waals surface area (Å²) in [7, 11) is 0. The molecule has 5 unspecified atom stereocenters. The van der Waals surface area contributed by atoms with Crippen molar-refractivity contribution in [1.29, 1.82) is 0 Å². The molecule has 10 rings (SSSR count). The molecule has 5 aliphatic carbocycles.